The summed E-state index contributed by atoms with van der Waals surface area (Å²) < 4.78 is 1.87. The van der Waals surface area contributed by atoms with Gasteiger partial charge in [-0.1, -0.05) is 11.8 Å². The van der Waals surface area contributed by atoms with Crippen LogP contribution in [0.25, 0.3) is 0 Å². The molecule has 0 fully saturated rings. The lowest BCUT2D eigenvalue weighted by Gasteiger charge is -2.01. The summed E-state index contributed by atoms with van der Waals surface area (Å²) in [6, 6.07) is 1.96. The lowest BCUT2D eigenvalue weighted by atomic mass is 10.2. The van der Waals surface area contributed by atoms with Crippen LogP contribution in [-0.2, 0) is 6.54 Å². The average Bonchev–Trinajstić information content (AvgIpc) is 2.84. The standard InChI is InChI=1S/C12H13N3OS/c1-9-13-10(2)15(14-9)8-12-11(4-3-6-16)5-7-17-12/h5,7,16H,6,8H2,1-2H3. The zero-order valence-electron chi connectivity index (χ0n) is 9.77. The van der Waals surface area contributed by atoms with Crippen molar-refractivity contribution in [1.29, 1.82) is 0 Å². The Morgan fingerprint density at radius 1 is 1.47 bits per heavy atom. The highest BCUT2D eigenvalue weighted by molar-refractivity contribution is 7.10. The minimum absolute atomic E-state index is 0.114. The fourth-order valence-corrected chi connectivity index (χ4v) is 2.37. The van der Waals surface area contributed by atoms with E-state index in [2.05, 4.69) is 21.9 Å². The molecule has 0 aliphatic heterocycles. The zero-order chi connectivity index (χ0) is 12.3. The summed E-state index contributed by atoms with van der Waals surface area (Å²) in [5.74, 6) is 7.28. The largest absolute Gasteiger partial charge is 0.384 e. The number of aliphatic hydroxyl groups is 1. The molecular formula is C12H13N3OS. The number of aromatic nitrogens is 3. The van der Waals surface area contributed by atoms with Gasteiger partial charge in [-0.2, -0.15) is 5.10 Å². The third-order valence-electron chi connectivity index (χ3n) is 2.30. The SMILES string of the molecule is Cc1nc(C)n(Cc2sccc2C#CCO)n1. The highest BCUT2D eigenvalue weighted by Gasteiger charge is 2.07. The molecule has 0 saturated carbocycles. The Labute approximate surface area is 104 Å². The molecular weight excluding hydrogens is 234 g/mol. The Bertz CT molecular complexity index is 574. The number of nitrogens with zero attached hydrogens (tertiary/aromatic N) is 3. The molecule has 0 radical (unpaired) electrons. The molecule has 17 heavy (non-hydrogen) atoms. The van der Waals surface area contributed by atoms with E-state index < -0.39 is 0 Å². The lowest BCUT2D eigenvalue weighted by Crippen LogP contribution is -2.03. The summed E-state index contributed by atoms with van der Waals surface area (Å²) in [5.41, 5.74) is 0.955. The fraction of sp³-hybridized carbons (Fsp3) is 0.333. The normalized spacial score (nSPS) is 10.1. The minimum atomic E-state index is -0.114. The minimum Gasteiger partial charge on any atom is -0.384 e. The highest BCUT2D eigenvalue weighted by atomic mass is 32.1. The number of aryl methyl sites for hydroxylation is 2. The monoisotopic (exact) mass is 247 g/mol. The fourth-order valence-electron chi connectivity index (χ4n) is 1.56. The molecule has 2 aromatic heterocycles. The average molecular weight is 247 g/mol. The van der Waals surface area contributed by atoms with Crippen molar-refractivity contribution in [3.63, 3.8) is 0 Å². The van der Waals surface area contributed by atoms with Crippen molar-refractivity contribution in [2.75, 3.05) is 6.61 Å². The zero-order valence-corrected chi connectivity index (χ0v) is 10.6. The first-order chi connectivity index (χ1) is 8.20. The molecule has 2 aromatic rings. The molecule has 5 heteroatoms. The van der Waals surface area contributed by atoms with Gasteiger partial charge in [-0.25, -0.2) is 9.67 Å². The Morgan fingerprint density at radius 3 is 2.94 bits per heavy atom. The summed E-state index contributed by atoms with van der Waals surface area (Å²) in [7, 11) is 0. The van der Waals surface area contributed by atoms with E-state index in [0.29, 0.717) is 6.54 Å². The van der Waals surface area contributed by atoms with Gasteiger partial charge in [-0.05, 0) is 25.3 Å². The predicted molar refractivity (Wildman–Crippen MR) is 66.9 cm³/mol. The van der Waals surface area contributed by atoms with Crippen LogP contribution in [0.3, 0.4) is 0 Å². The highest BCUT2D eigenvalue weighted by Crippen LogP contribution is 2.17. The number of rotatable bonds is 2. The maximum atomic E-state index is 8.70. The molecule has 88 valence electrons. The molecule has 0 aromatic carbocycles. The molecule has 1 N–H and O–H groups in total. The van der Waals surface area contributed by atoms with E-state index in [4.69, 9.17) is 5.11 Å². The third-order valence-corrected chi connectivity index (χ3v) is 3.21. The van der Waals surface area contributed by atoms with E-state index in [1.807, 2.05) is 30.0 Å². The second kappa shape index (κ2) is 5.13. The van der Waals surface area contributed by atoms with Gasteiger partial charge in [0.15, 0.2) is 0 Å². The predicted octanol–water partition coefficient (Wildman–Crippen LogP) is 1.35. The second-order valence-electron chi connectivity index (χ2n) is 3.58. The molecule has 0 unspecified atom stereocenters. The van der Waals surface area contributed by atoms with Crippen LogP contribution in [0.5, 0.6) is 0 Å². The van der Waals surface area contributed by atoms with Crippen LogP contribution in [0.4, 0.5) is 0 Å². The van der Waals surface area contributed by atoms with Crippen molar-refractivity contribution in [3.8, 4) is 11.8 Å². The van der Waals surface area contributed by atoms with E-state index in [0.717, 1.165) is 22.1 Å². The molecule has 0 aliphatic rings. The van der Waals surface area contributed by atoms with Gasteiger partial charge in [0.25, 0.3) is 0 Å². The van der Waals surface area contributed by atoms with Crippen LogP contribution in [0, 0.1) is 25.7 Å². The van der Waals surface area contributed by atoms with Gasteiger partial charge < -0.3 is 5.11 Å². The molecule has 0 bridgehead atoms. The van der Waals surface area contributed by atoms with Gasteiger partial charge in [0, 0.05) is 10.4 Å². The van der Waals surface area contributed by atoms with Gasteiger partial charge in [-0.3, -0.25) is 0 Å². The van der Waals surface area contributed by atoms with Crippen LogP contribution < -0.4 is 0 Å². The maximum Gasteiger partial charge on any atom is 0.147 e. The van der Waals surface area contributed by atoms with Crippen molar-refractivity contribution in [3.05, 3.63) is 33.5 Å². The number of aliphatic hydroxyl groups excluding tert-OH is 1. The first kappa shape index (κ1) is 11.8. The molecule has 4 nitrogen and oxygen atoms in total. The smallest absolute Gasteiger partial charge is 0.147 e. The Hall–Kier alpha value is -1.64. The van der Waals surface area contributed by atoms with Gasteiger partial charge in [-0.15, -0.1) is 11.3 Å². The Kier molecular flexibility index (Phi) is 3.57. The van der Waals surface area contributed by atoms with E-state index >= 15 is 0 Å². The maximum absolute atomic E-state index is 8.70. The van der Waals surface area contributed by atoms with Gasteiger partial charge in [0.05, 0.1) is 6.54 Å². The van der Waals surface area contributed by atoms with Gasteiger partial charge in [0.1, 0.15) is 18.3 Å². The van der Waals surface area contributed by atoms with E-state index in [9.17, 15) is 0 Å². The lowest BCUT2D eigenvalue weighted by molar-refractivity contribution is 0.350. The topological polar surface area (TPSA) is 50.9 Å². The van der Waals surface area contributed by atoms with Gasteiger partial charge in [0.2, 0.25) is 0 Å². The number of hydrogen-bond donors (Lipinski definition) is 1. The molecule has 2 rings (SSSR count). The first-order valence-electron chi connectivity index (χ1n) is 5.25. The van der Waals surface area contributed by atoms with Crippen molar-refractivity contribution in [1.82, 2.24) is 14.8 Å². The second-order valence-corrected chi connectivity index (χ2v) is 4.58. The summed E-state index contributed by atoms with van der Waals surface area (Å²) in [6.45, 7) is 4.38. The molecule has 0 atom stereocenters. The quantitative estimate of drug-likeness (QED) is 0.815. The third kappa shape index (κ3) is 2.73. The van der Waals surface area contributed by atoms with Crippen LogP contribution in [0.15, 0.2) is 11.4 Å². The van der Waals surface area contributed by atoms with E-state index in [1.54, 1.807) is 11.3 Å². The summed E-state index contributed by atoms with van der Waals surface area (Å²) in [4.78, 5) is 5.40. The molecule has 0 aliphatic carbocycles. The molecule has 0 spiro atoms. The van der Waals surface area contributed by atoms with E-state index in [-0.39, 0.29) is 6.61 Å². The molecule has 0 saturated heterocycles. The van der Waals surface area contributed by atoms with Crippen molar-refractivity contribution < 1.29 is 5.11 Å². The van der Waals surface area contributed by atoms with Crippen LogP contribution in [0.2, 0.25) is 0 Å². The van der Waals surface area contributed by atoms with Crippen LogP contribution >= 0.6 is 11.3 Å². The Morgan fingerprint density at radius 2 is 2.29 bits per heavy atom. The summed E-state index contributed by atoms with van der Waals surface area (Å²) in [5, 5.41) is 15.0. The Balaban J connectivity index is 2.24. The summed E-state index contributed by atoms with van der Waals surface area (Å²) in [6.07, 6.45) is 0. The van der Waals surface area contributed by atoms with Gasteiger partial charge >= 0.3 is 0 Å². The number of hydrogen-bond acceptors (Lipinski definition) is 4. The van der Waals surface area contributed by atoms with Crippen LogP contribution in [0.1, 0.15) is 22.1 Å². The first-order valence-corrected chi connectivity index (χ1v) is 6.13. The summed E-state index contributed by atoms with van der Waals surface area (Å²) >= 11 is 1.64. The van der Waals surface area contributed by atoms with Crippen LogP contribution in [-0.4, -0.2) is 26.5 Å². The van der Waals surface area contributed by atoms with Crippen molar-refractivity contribution >= 4 is 11.3 Å². The molecule has 0 amide bonds. The van der Waals surface area contributed by atoms with E-state index in [1.165, 1.54) is 0 Å². The number of thiophene rings is 1. The molecule has 2 heterocycles. The van der Waals surface area contributed by atoms with Crippen molar-refractivity contribution in [2.45, 2.75) is 20.4 Å². The van der Waals surface area contributed by atoms with Crippen molar-refractivity contribution in [2.24, 2.45) is 0 Å².